The second kappa shape index (κ2) is 5.74. The number of hydrogen-bond donors (Lipinski definition) is 2. The molecule has 3 nitrogen and oxygen atoms in total. The minimum Gasteiger partial charge on any atom is -0.398 e. The first-order valence-electron chi connectivity index (χ1n) is 5.89. The van der Waals surface area contributed by atoms with Gasteiger partial charge in [-0.1, -0.05) is 24.0 Å². The quantitative estimate of drug-likeness (QED) is 0.604. The Morgan fingerprint density at radius 2 is 1.74 bits per heavy atom. The second-order valence-corrected chi connectivity index (χ2v) is 4.10. The van der Waals surface area contributed by atoms with E-state index in [1.54, 1.807) is 0 Å². The molecule has 0 aliphatic rings. The lowest BCUT2D eigenvalue weighted by atomic mass is 10.1. The number of carbonyl (C=O) groups is 1. The number of carbonyl (C=O) groups excluding carboxylic acids is 1. The molecule has 1 amide bonds. The van der Waals surface area contributed by atoms with Crippen LogP contribution in [0.5, 0.6) is 0 Å². The van der Waals surface area contributed by atoms with E-state index in [0.29, 0.717) is 5.69 Å². The van der Waals surface area contributed by atoms with Crippen LogP contribution in [0.2, 0.25) is 0 Å². The highest BCUT2D eigenvalue weighted by Gasteiger charge is 1.95. The van der Waals surface area contributed by atoms with Crippen molar-refractivity contribution < 1.29 is 4.79 Å². The second-order valence-electron chi connectivity index (χ2n) is 4.10. The molecule has 0 aromatic heterocycles. The van der Waals surface area contributed by atoms with Gasteiger partial charge in [-0.25, -0.2) is 0 Å². The highest BCUT2D eigenvalue weighted by Crippen LogP contribution is 2.11. The molecule has 0 unspecified atom stereocenters. The lowest BCUT2D eigenvalue weighted by Crippen LogP contribution is -2.05. The van der Waals surface area contributed by atoms with Crippen LogP contribution in [0.1, 0.15) is 18.1 Å². The van der Waals surface area contributed by atoms with Gasteiger partial charge in [-0.05, 0) is 36.4 Å². The fourth-order valence-electron chi connectivity index (χ4n) is 1.59. The third-order valence-corrected chi connectivity index (χ3v) is 2.51. The number of nitrogen functional groups attached to an aromatic ring is 1. The zero-order valence-corrected chi connectivity index (χ0v) is 10.6. The molecule has 0 saturated carbocycles. The van der Waals surface area contributed by atoms with Gasteiger partial charge in [0.1, 0.15) is 0 Å². The molecule has 0 fully saturated rings. The lowest BCUT2D eigenvalue weighted by Gasteiger charge is -2.00. The molecule has 2 aromatic rings. The molecule has 0 atom stereocenters. The molecule has 0 bridgehead atoms. The van der Waals surface area contributed by atoms with Crippen LogP contribution in [0.3, 0.4) is 0 Å². The van der Waals surface area contributed by atoms with Crippen molar-refractivity contribution in [1.82, 2.24) is 0 Å². The molecule has 19 heavy (non-hydrogen) atoms. The van der Waals surface area contributed by atoms with Gasteiger partial charge in [0.05, 0.1) is 0 Å². The summed E-state index contributed by atoms with van der Waals surface area (Å²) in [6, 6.07) is 14.8. The summed E-state index contributed by atoms with van der Waals surface area (Å²) < 4.78 is 0. The third-order valence-electron chi connectivity index (χ3n) is 2.51. The van der Waals surface area contributed by atoms with Crippen LogP contribution in [0.15, 0.2) is 48.5 Å². The Kier molecular flexibility index (Phi) is 3.84. The molecule has 0 aliphatic heterocycles. The summed E-state index contributed by atoms with van der Waals surface area (Å²) in [6.45, 7) is 1.48. The number of anilines is 2. The molecular weight excluding hydrogens is 236 g/mol. The summed E-state index contributed by atoms with van der Waals surface area (Å²) in [6.07, 6.45) is 0. The number of benzene rings is 2. The van der Waals surface area contributed by atoms with Crippen LogP contribution < -0.4 is 11.1 Å². The van der Waals surface area contributed by atoms with Crippen LogP contribution in [0.4, 0.5) is 11.4 Å². The summed E-state index contributed by atoms with van der Waals surface area (Å²) in [5, 5.41) is 2.71. The third kappa shape index (κ3) is 3.62. The number of hydrogen-bond acceptors (Lipinski definition) is 2. The van der Waals surface area contributed by atoms with Gasteiger partial charge in [-0.2, -0.15) is 0 Å². The monoisotopic (exact) mass is 250 g/mol. The Labute approximate surface area is 112 Å². The van der Waals surface area contributed by atoms with Crippen LogP contribution in [-0.2, 0) is 4.79 Å². The SMILES string of the molecule is CC(=O)Nc1ccc(C#Cc2ccccc2N)cc1. The maximum absolute atomic E-state index is 10.9. The van der Waals surface area contributed by atoms with E-state index in [0.717, 1.165) is 16.8 Å². The average Bonchev–Trinajstić information content (AvgIpc) is 2.39. The highest BCUT2D eigenvalue weighted by molar-refractivity contribution is 5.88. The summed E-state index contributed by atoms with van der Waals surface area (Å²) in [5.41, 5.74) is 8.93. The van der Waals surface area contributed by atoms with Crippen LogP contribution in [-0.4, -0.2) is 5.91 Å². The van der Waals surface area contributed by atoms with Crippen LogP contribution in [0.25, 0.3) is 0 Å². The summed E-state index contributed by atoms with van der Waals surface area (Å²) >= 11 is 0. The first kappa shape index (κ1) is 12.7. The van der Waals surface area contributed by atoms with Crippen molar-refractivity contribution >= 4 is 17.3 Å². The summed E-state index contributed by atoms with van der Waals surface area (Å²) in [4.78, 5) is 10.9. The van der Waals surface area contributed by atoms with E-state index in [2.05, 4.69) is 17.2 Å². The molecule has 2 rings (SSSR count). The molecule has 2 aromatic carbocycles. The van der Waals surface area contributed by atoms with Gasteiger partial charge in [0.25, 0.3) is 0 Å². The topological polar surface area (TPSA) is 55.1 Å². The van der Waals surface area contributed by atoms with Gasteiger partial charge in [-0.3, -0.25) is 4.79 Å². The van der Waals surface area contributed by atoms with Crippen molar-refractivity contribution in [2.75, 3.05) is 11.1 Å². The van der Waals surface area contributed by atoms with Gasteiger partial charge < -0.3 is 11.1 Å². The average molecular weight is 250 g/mol. The summed E-state index contributed by atoms with van der Waals surface area (Å²) in [7, 11) is 0. The Hall–Kier alpha value is -2.73. The predicted octanol–water partition coefficient (Wildman–Crippen LogP) is 2.63. The molecule has 0 heterocycles. The minimum atomic E-state index is -0.0871. The van der Waals surface area contributed by atoms with Crippen molar-refractivity contribution in [2.45, 2.75) is 6.92 Å². The van der Waals surface area contributed by atoms with Gasteiger partial charge in [0, 0.05) is 29.4 Å². The Morgan fingerprint density at radius 1 is 1.05 bits per heavy atom. The largest absolute Gasteiger partial charge is 0.398 e. The first-order chi connectivity index (χ1) is 9.15. The zero-order chi connectivity index (χ0) is 13.7. The molecule has 0 aliphatic carbocycles. The fourth-order valence-corrected chi connectivity index (χ4v) is 1.59. The molecule has 3 N–H and O–H groups in total. The number of amides is 1. The molecule has 0 radical (unpaired) electrons. The number of nitrogens with two attached hydrogens (primary N) is 1. The smallest absolute Gasteiger partial charge is 0.221 e. The highest BCUT2D eigenvalue weighted by atomic mass is 16.1. The van der Waals surface area contributed by atoms with Gasteiger partial charge in [0.2, 0.25) is 5.91 Å². The maximum atomic E-state index is 10.9. The number of nitrogens with one attached hydrogen (secondary N) is 1. The van der Waals surface area contributed by atoms with E-state index in [-0.39, 0.29) is 5.91 Å². The fraction of sp³-hybridized carbons (Fsp3) is 0.0625. The van der Waals surface area contributed by atoms with E-state index in [4.69, 9.17) is 5.73 Å². The van der Waals surface area contributed by atoms with E-state index < -0.39 is 0 Å². The summed E-state index contributed by atoms with van der Waals surface area (Å²) in [5.74, 6) is 5.98. The van der Waals surface area contributed by atoms with Gasteiger partial charge in [0.15, 0.2) is 0 Å². The van der Waals surface area contributed by atoms with Crippen LogP contribution >= 0.6 is 0 Å². The Bertz CT molecular complexity index is 648. The van der Waals surface area contributed by atoms with E-state index >= 15 is 0 Å². The van der Waals surface area contributed by atoms with Gasteiger partial charge >= 0.3 is 0 Å². The van der Waals surface area contributed by atoms with E-state index in [1.165, 1.54) is 6.92 Å². The maximum Gasteiger partial charge on any atom is 0.221 e. The van der Waals surface area contributed by atoms with E-state index in [1.807, 2.05) is 48.5 Å². The molecule has 3 heteroatoms. The van der Waals surface area contributed by atoms with Gasteiger partial charge in [-0.15, -0.1) is 0 Å². The normalized spacial score (nSPS) is 9.32. The van der Waals surface area contributed by atoms with E-state index in [9.17, 15) is 4.79 Å². The predicted molar refractivity (Wildman–Crippen MR) is 77.6 cm³/mol. The first-order valence-corrected chi connectivity index (χ1v) is 5.89. The van der Waals surface area contributed by atoms with Crippen molar-refractivity contribution in [3.8, 4) is 11.8 Å². The molecular formula is C16H14N2O. The lowest BCUT2D eigenvalue weighted by molar-refractivity contribution is -0.114. The standard InChI is InChI=1S/C16H14N2O/c1-12(19)18-15-10-7-13(8-11-15)6-9-14-4-2-3-5-16(14)17/h2-5,7-8,10-11H,17H2,1H3,(H,18,19). The van der Waals surface area contributed by atoms with Crippen molar-refractivity contribution in [1.29, 1.82) is 0 Å². The van der Waals surface area contributed by atoms with Crippen LogP contribution in [0, 0.1) is 11.8 Å². The zero-order valence-electron chi connectivity index (χ0n) is 10.6. The number of rotatable bonds is 1. The van der Waals surface area contributed by atoms with Crippen molar-refractivity contribution in [3.05, 3.63) is 59.7 Å². The van der Waals surface area contributed by atoms with Crippen molar-refractivity contribution in [3.63, 3.8) is 0 Å². The Morgan fingerprint density at radius 3 is 2.37 bits per heavy atom. The number of para-hydroxylation sites is 1. The molecule has 0 spiro atoms. The van der Waals surface area contributed by atoms with Crippen molar-refractivity contribution in [2.24, 2.45) is 0 Å². The molecule has 94 valence electrons. The minimum absolute atomic E-state index is 0.0871. The Balaban J connectivity index is 2.17. The molecule has 0 saturated heterocycles.